The van der Waals surface area contributed by atoms with Gasteiger partial charge in [-0.05, 0) is 104 Å². The summed E-state index contributed by atoms with van der Waals surface area (Å²) in [6.07, 6.45) is 0.491. The summed E-state index contributed by atoms with van der Waals surface area (Å²) < 4.78 is 30.8. The highest BCUT2D eigenvalue weighted by atomic mass is 19.1. The smallest absolute Gasteiger partial charge is 0.306 e. The highest BCUT2D eigenvalue weighted by Gasteiger charge is 2.14. The van der Waals surface area contributed by atoms with Gasteiger partial charge in [0.05, 0.1) is 13.2 Å². The average Bonchev–Trinajstić information content (AvgIpc) is 2.88. The van der Waals surface area contributed by atoms with Crippen LogP contribution in [0.2, 0.25) is 0 Å². The summed E-state index contributed by atoms with van der Waals surface area (Å²) in [7, 11) is 0. The van der Waals surface area contributed by atoms with E-state index in [1.54, 1.807) is 13.0 Å². The first kappa shape index (κ1) is 28.2. The van der Waals surface area contributed by atoms with E-state index in [1.807, 2.05) is 19.1 Å². The molecule has 0 aliphatic heterocycles. The van der Waals surface area contributed by atoms with E-state index in [9.17, 15) is 9.18 Å². The van der Waals surface area contributed by atoms with Crippen LogP contribution in [0.15, 0.2) is 48.5 Å². The standard InChI is InChI=1S/C31H38FNO4/c1-6-35-15-16-37-29-17-21(3)31(23(5)22(29)4)26-10-8-9-24(18-26)20-33-27-13-11-25(28(32)19-27)12-14-30(34)36-7-2/h8-11,13,17-19,33H,6-7,12,14-16,20H2,1-5H3. The molecule has 0 saturated heterocycles. The first-order valence-corrected chi connectivity index (χ1v) is 12.9. The van der Waals surface area contributed by atoms with E-state index in [0.29, 0.717) is 50.6 Å². The molecule has 0 bridgehead atoms. The van der Waals surface area contributed by atoms with Gasteiger partial charge in [-0.2, -0.15) is 0 Å². The van der Waals surface area contributed by atoms with Crippen molar-refractivity contribution in [3.05, 3.63) is 82.2 Å². The van der Waals surface area contributed by atoms with Crippen molar-refractivity contribution >= 4 is 11.7 Å². The lowest BCUT2D eigenvalue weighted by Gasteiger charge is -2.18. The summed E-state index contributed by atoms with van der Waals surface area (Å²) in [5.74, 6) is 0.255. The van der Waals surface area contributed by atoms with Crippen LogP contribution in [0.5, 0.6) is 5.75 Å². The van der Waals surface area contributed by atoms with Gasteiger partial charge in [0.2, 0.25) is 0 Å². The fraction of sp³-hybridized carbons (Fsp3) is 0.387. The van der Waals surface area contributed by atoms with Crippen LogP contribution in [0, 0.1) is 26.6 Å². The fourth-order valence-corrected chi connectivity index (χ4v) is 4.36. The van der Waals surface area contributed by atoms with Crippen molar-refractivity contribution in [1.29, 1.82) is 0 Å². The number of anilines is 1. The summed E-state index contributed by atoms with van der Waals surface area (Å²) in [6, 6.07) is 15.5. The maximum absolute atomic E-state index is 14.6. The molecule has 0 unspecified atom stereocenters. The molecule has 3 aromatic rings. The molecular formula is C31H38FNO4. The Morgan fingerprint density at radius 3 is 2.49 bits per heavy atom. The highest BCUT2D eigenvalue weighted by Crippen LogP contribution is 2.35. The number of carbonyl (C=O) groups is 1. The second-order valence-corrected chi connectivity index (χ2v) is 9.03. The molecule has 0 aromatic heterocycles. The second-order valence-electron chi connectivity index (χ2n) is 9.03. The summed E-state index contributed by atoms with van der Waals surface area (Å²) in [5, 5.41) is 3.31. The molecule has 1 N–H and O–H groups in total. The highest BCUT2D eigenvalue weighted by molar-refractivity contribution is 5.74. The van der Waals surface area contributed by atoms with Crippen LogP contribution in [-0.4, -0.2) is 32.4 Å². The fourth-order valence-electron chi connectivity index (χ4n) is 4.36. The molecule has 0 radical (unpaired) electrons. The largest absolute Gasteiger partial charge is 0.491 e. The number of carbonyl (C=O) groups excluding carboxylic acids is 1. The number of hydrogen-bond acceptors (Lipinski definition) is 5. The van der Waals surface area contributed by atoms with Crippen molar-refractivity contribution in [3.63, 3.8) is 0 Å². The van der Waals surface area contributed by atoms with E-state index < -0.39 is 0 Å². The number of benzene rings is 3. The number of ether oxygens (including phenoxy) is 3. The number of nitrogens with one attached hydrogen (secondary N) is 1. The zero-order valence-corrected chi connectivity index (χ0v) is 22.6. The second kappa shape index (κ2) is 13.8. The first-order valence-electron chi connectivity index (χ1n) is 12.9. The van der Waals surface area contributed by atoms with Crippen molar-refractivity contribution < 1.29 is 23.4 Å². The Balaban J connectivity index is 1.69. The monoisotopic (exact) mass is 507 g/mol. The summed E-state index contributed by atoms with van der Waals surface area (Å²) in [5.41, 5.74) is 8.10. The van der Waals surface area contributed by atoms with E-state index in [4.69, 9.17) is 14.2 Å². The van der Waals surface area contributed by atoms with Crippen molar-refractivity contribution in [2.45, 2.75) is 54.0 Å². The number of halogens is 1. The maximum atomic E-state index is 14.6. The third-order valence-corrected chi connectivity index (χ3v) is 6.41. The summed E-state index contributed by atoms with van der Waals surface area (Å²) in [6.45, 7) is 12.7. The van der Waals surface area contributed by atoms with Crippen LogP contribution in [0.3, 0.4) is 0 Å². The first-order chi connectivity index (χ1) is 17.8. The Hall–Kier alpha value is -3.38. The minimum Gasteiger partial charge on any atom is -0.491 e. The van der Waals surface area contributed by atoms with Crippen molar-refractivity contribution in [1.82, 2.24) is 0 Å². The third kappa shape index (κ3) is 7.80. The number of hydrogen-bond donors (Lipinski definition) is 1. The van der Waals surface area contributed by atoms with Crippen LogP contribution in [-0.2, 0) is 27.2 Å². The van der Waals surface area contributed by atoms with Gasteiger partial charge in [-0.1, -0.05) is 24.3 Å². The Morgan fingerprint density at radius 1 is 0.946 bits per heavy atom. The molecule has 0 saturated carbocycles. The number of esters is 1. The normalized spacial score (nSPS) is 10.9. The molecule has 0 fully saturated rings. The minimum atomic E-state index is -0.326. The maximum Gasteiger partial charge on any atom is 0.306 e. The molecule has 0 aliphatic carbocycles. The molecule has 0 atom stereocenters. The Bertz CT molecular complexity index is 1210. The van der Waals surface area contributed by atoms with E-state index in [-0.39, 0.29) is 18.2 Å². The van der Waals surface area contributed by atoms with Crippen molar-refractivity contribution in [2.75, 3.05) is 31.7 Å². The van der Waals surface area contributed by atoms with Crippen LogP contribution in [0.25, 0.3) is 11.1 Å². The lowest BCUT2D eigenvalue weighted by atomic mass is 9.91. The molecule has 37 heavy (non-hydrogen) atoms. The van der Waals surface area contributed by atoms with Crippen molar-refractivity contribution in [3.8, 4) is 16.9 Å². The lowest BCUT2D eigenvalue weighted by Crippen LogP contribution is -2.08. The molecule has 0 amide bonds. The third-order valence-electron chi connectivity index (χ3n) is 6.41. The molecule has 0 aliphatic rings. The van der Waals surface area contributed by atoms with Crippen molar-refractivity contribution in [2.24, 2.45) is 0 Å². The van der Waals surface area contributed by atoms with E-state index in [2.05, 4.69) is 50.4 Å². The molecule has 5 nitrogen and oxygen atoms in total. The molecule has 0 spiro atoms. The molecule has 6 heteroatoms. The van der Waals surface area contributed by atoms with E-state index in [1.165, 1.54) is 17.2 Å². The Labute approximate surface area is 220 Å². The zero-order chi connectivity index (χ0) is 26.8. The van der Waals surface area contributed by atoms with Gasteiger partial charge in [-0.3, -0.25) is 4.79 Å². The number of aryl methyl sites for hydroxylation is 2. The van der Waals surface area contributed by atoms with Gasteiger partial charge in [0.15, 0.2) is 0 Å². The molecule has 198 valence electrons. The lowest BCUT2D eigenvalue weighted by molar-refractivity contribution is -0.143. The predicted molar refractivity (Wildman–Crippen MR) is 147 cm³/mol. The molecule has 3 rings (SSSR count). The molecular weight excluding hydrogens is 469 g/mol. The van der Waals surface area contributed by atoms with Crippen LogP contribution >= 0.6 is 0 Å². The van der Waals surface area contributed by atoms with Gasteiger partial charge in [0.1, 0.15) is 18.2 Å². The Kier molecular flexibility index (Phi) is 10.5. The van der Waals surface area contributed by atoms with E-state index in [0.717, 1.165) is 28.0 Å². The molecule has 0 heterocycles. The Morgan fingerprint density at radius 2 is 1.76 bits per heavy atom. The topological polar surface area (TPSA) is 56.8 Å². The molecule has 3 aromatic carbocycles. The average molecular weight is 508 g/mol. The van der Waals surface area contributed by atoms with Gasteiger partial charge >= 0.3 is 5.97 Å². The summed E-state index contributed by atoms with van der Waals surface area (Å²) in [4.78, 5) is 11.6. The predicted octanol–water partition coefficient (Wildman–Crippen LogP) is 6.94. The van der Waals surface area contributed by atoms with Gasteiger partial charge in [0.25, 0.3) is 0 Å². The number of rotatable bonds is 13. The quantitative estimate of drug-likeness (QED) is 0.201. The van der Waals surface area contributed by atoms with Gasteiger partial charge in [0, 0.05) is 25.3 Å². The zero-order valence-electron chi connectivity index (χ0n) is 22.6. The SMILES string of the molecule is CCOCCOc1cc(C)c(-c2cccc(CNc3ccc(CCC(=O)OCC)c(F)c3)c2)c(C)c1C. The van der Waals surface area contributed by atoms with Gasteiger partial charge < -0.3 is 19.5 Å². The van der Waals surface area contributed by atoms with E-state index >= 15 is 0 Å². The minimum absolute atomic E-state index is 0.170. The van der Waals surface area contributed by atoms with Crippen LogP contribution in [0.4, 0.5) is 10.1 Å². The van der Waals surface area contributed by atoms with Gasteiger partial charge in [-0.25, -0.2) is 4.39 Å². The van der Waals surface area contributed by atoms with Crippen LogP contribution in [0.1, 0.15) is 48.1 Å². The van der Waals surface area contributed by atoms with Crippen LogP contribution < -0.4 is 10.1 Å². The summed E-state index contributed by atoms with van der Waals surface area (Å²) >= 11 is 0. The van der Waals surface area contributed by atoms with Gasteiger partial charge in [-0.15, -0.1) is 0 Å².